The monoisotopic (exact) mass is 536 g/mol. The summed E-state index contributed by atoms with van der Waals surface area (Å²) in [7, 11) is 0. The maximum absolute atomic E-state index is 14.0. The van der Waals surface area contributed by atoms with Crippen molar-refractivity contribution in [2.24, 2.45) is 11.3 Å². The molecule has 0 bridgehead atoms. The average molecular weight is 537 g/mol. The number of carboxylic acid groups (broad SMARTS) is 1. The molecule has 2 aliphatic rings. The Balaban J connectivity index is 1.49. The standard InChI is InChI=1S/C31H40N2O6/c1-2-38-39-22-24(15-14-23-10-4-3-5-11-23)20-31(18-8-9-19-31)30(37)32-26-17-16-25-12-6-7-13-27(25)33(29(26)36)21-28(34)35/h3-7,10-13,24,26H,2,8-9,14-22H2,1H3,(H,32,37)(H,34,35). The molecular formula is C31H40N2O6. The highest BCUT2D eigenvalue weighted by atomic mass is 17.2. The number of benzene rings is 2. The summed E-state index contributed by atoms with van der Waals surface area (Å²) >= 11 is 0. The number of hydrogen-bond acceptors (Lipinski definition) is 5. The van der Waals surface area contributed by atoms with Gasteiger partial charge in [0.05, 0.1) is 13.2 Å². The molecule has 2 N–H and O–H groups in total. The van der Waals surface area contributed by atoms with Gasteiger partial charge in [0.25, 0.3) is 0 Å². The minimum Gasteiger partial charge on any atom is -0.480 e. The van der Waals surface area contributed by atoms with E-state index in [9.17, 15) is 19.5 Å². The van der Waals surface area contributed by atoms with Crippen LogP contribution in [0.5, 0.6) is 0 Å². The van der Waals surface area contributed by atoms with Crippen molar-refractivity contribution in [1.82, 2.24) is 5.32 Å². The van der Waals surface area contributed by atoms with E-state index in [1.807, 2.05) is 37.3 Å². The zero-order chi connectivity index (χ0) is 27.7. The van der Waals surface area contributed by atoms with E-state index in [0.29, 0.717) is 38.2 Å². The number of hydrogen-bond donors (Lipinski definition) is 2. The summed E-state index contributed by atoms with van der Waals surface area (Å²) in [5, 5.41) is 12.6. The summed E-state index contributed by atoms with van der Waals surface area (Å²) in [6.07, 6.45) is 6.83. The van der Waals surface area contributed by atoms with E-state index < -0.39 is 24.0 Å². The third-order valence-electron chi connectivity index (χ3n) is 8.06. The molecule has 2 aromatic rings. The molecule has 0 aromatic heterocycles. The lowest BCUT2D eigenvalue weighted by Crippen LogP contribution is -2.53. The summed E-state index contributed by atoms with van der Waals surface area (Å²) in [4.78, 5) is 51.1. The topological polar surface area (TPSA) is 105 Å². The molecule has 39 heavy (non-hydrogen) atoms. The Hall–Kier alpha value is -3.23. The lowest BCUT2D eigenvalue weighted by molar-refractivity contribution is -0.299. The van der Waals surface area contributed by atoms with Gasteiger partial charge < -0.3 is 10.4 Å². The van der Waals surface area contributed by atoms with Gasteiger partial charge in [-0.1, -0.05) is 61.4 Å². The van der Waals surface area contributed by atoms with E-state index in [-0.39, 0.29) is 17.7 Å². The first-order valence-electron chi connectivity index (χ1n) is 14.1. The molecule has 1 heterocycles. The van der Waals surface area contributed by atoms with Crippen LogP contribution in [0.2, 0.25) is 0 Å². The van der Waals surface area contributed by atoms with Crippen LogP contribution in [0.15, 0.2) is 54.6 Å². The fourth-order valence-electron chi connectivity index (χ4n) is 6.07. The van der Waals surface area contributed by atoms with E-state index in [1.54, 1.807) is 12.1 Å². The molecule has 2 atom stereocenters. The van der Waals surface area contributed by atoms with Gasteiger partial charge in [0.15, 0.2) is 0 Å². The fourth-order valence-corrected chi connectivity index (χ4v) is 6.07. The van der Waals surface area contributed by atoms with Gasteiger partial charge in [0, 0.05) is 11.1 Å². The van der Waals surface area contributed by atoms with E-state index in [0.717, 1.165) is 44.1 Å². The summed E-state index contributed by atoms with van der Waals surface area (Å²) in [5.41, 5.74) is 2.17. The van der Waals surface area contributed by atoms with Crippen LogP contribution >= 0.6 is 0 Å². The van der Waals surface area contributed by atoms with Crippen molar-refractivity contribution < 1.29 is 29.3 Å². The largest absolute Gasteiger partial charge is 0.480 e. The van der Waals surface area contributed by atoms with Crippen molar-refractivity contribution in [3.63, 3.8) is 0 Å². The van der Waals surface area contributed by atoms with E-state index in [1.165, 1.54) is 10.5 Å². The molecule has 2 unspecified atom stereocenters. The Morgan fingerprint density at radius 3 is 2.51 bits per heavy atom. The van der Waals surface area contributed by atoms with Crippen LogP contribution in [0.25, 0.3) is 0 Å². The quantitative estimate of drug-likeness (QED) is 0.218. The van der Waals surface area contributed by atoms with Crippen LogP contribution in [-0.2, 0) is 37.0 Å². The molecule has 1 aliphatic heterocycles. The van der Waals surface area contributed by atoms with Gasteiger partial charge in [-0.2, -0.15) is 0 Å². The number of carbonyl (C=O) groups excluding carboxylic acids is 2. The zero-order valence-corrected chi connectivity index (χ0v) is 22.8. The highest BCUT2D eigenvalue weighted by Crippen LogP contribution is 2.44. The first-order valence-corrected chi connectivity index (χ1v) is 14.1. The second-order valence-corrected chi connectivity index (χ2v) is 10.8. The lowest BCUT2D eigenvalue weighted by Gasteiger charge is -2.34. The second kappa shape index (κ2) is 13.7. The number of nitrogens with zero attached hydrogens (tertiary/aromatic N) is 1. The Kier molecular flexibility index (Phi) is 10.1. The highest BCUT2D eigenvalue weighted by molar-refractivity contribution is 6.03. The molecule has 8 heteroatoms. The summed E-state index contributed by atoms with van der Waals surface area (Å²) in [6.45, 7) is 2.29. The first-order chi connectivity index (χ1) is 18.9. The molecule has 2 amide bonds. The van der Waals surface area contributed by atoms with Crippen molar-refractivity contribution in [3.05, 3.63) is 65.7 Å². The first kappa shape index (κ1) is 28.8. The molecule has 210 valence electrons. The molecule has 4 rings (SSSR count). The molecule has 8 nitrogen and oxygen atoms in total. The smallest absolute Gasteiger partial charge is 0.323 e. The molecule has 2 aromatic carbocycles. The number of rotatable bonds is 13. The van der Waals surface area contributed by atoms with E-state index >= 15 is 0 Å². The number of para-hydroxylation sites is 1. The van der Waals surface area contributed by atoms with Gasteiger partial charge in [-0.25, -0.2) is 9.78 Å². The maximum atomic E-state index is 14.0. The number of anilines is 1. The van der Waals surface area contributed by atoms with Gasteiger partial charge in [0.2, 0.25) is 11.8 Å². The number of aryl methyl sites for hydroxylation is 2. The third-order valence-corrected chi connectivity index (χ3v) is 8.06. The molecule has 1 saturated carbocycles. The highest BCUT2D eigenvalue weighted by Gasteiger charge is 2.44. The van der Waals surface area contributed by atoms with Crippen LogP contribution in [0, 0.1) is 11.3 Å². The third kappa shape index (κ3) is 7.46. The normalized spacial score (nSPS) is 19.3. The number of carboxylic acids is 1. The average Bonchev–Trinajstić information content (AvgIpc) is 3.38. The minimum atomic E-state index is -1.09. The molecule has 0 radical (unpaired) electrons. The van der Waals surface area contributed by atoms with Crippen molar-refractivity contribution in [2.45, 2.75) is 70.8 Å². The molecule has 1 aliphatic carbocycles. The van der Waals surface area contributed by atoms with Crippen molar-refractivity contribution >= 4 is 23.5 Å². The van der Waals surface area contributed by atoms with Gasteiger partial charge >= 0.3 is 5.97 Å². The number of amides is 2. The molecular weight excluding hydrogens is 496 g/mol. The van der Waals surface area contributed by atoms with E-state index in [2.05, 4.69) is 17.4 Å². The van der Waals surface area contributed by atoms with Gasteiger partial charge in [-0.15, -0.1) is 0 Å². The maximum Gasteiger partial charge on any atom is 0.323 e. The van der Waals surface area contributed by atoms with Gasteiger partial charge in [0.1, 0.15) is 12.6 Å². The Morgan fingerprint density at radius 1 is 1.08 bits per heavy atom. The molecule has 1 fully saturated rings. The Labute approximate surface area is 230 Å². The van der Waals surface area contributed by atoms with Crippen molar-refractivity contribution in [1.29, 1.82) is 0 Å². The zero-order valence-electron chi connectivity index (χ0n) is 22.8. The summed E-state index contributed by atoms with van der Waals surface area (Å²) in [5.74, 6) is -1.46. The van der Waals surface area contributed by atoms with E-state index in [4.69, 9.17) is 9.78 Å². The number of aliphatic carboxylic acids is 1. The molecule has 0 spiro atoms. The SMILES string of the molecule is CCOOCC(CCc1ccccc1)CC1(C(=O)NC2CCc3ccccc3N(CC(=O)O)C2=O)CCCC1. The fraction of sp³-hybridized carbons (Fsp3) is 0.516. The number of nitrogens with one attached hydrogen (secondary N) is 1. The van der Waals surface area contributed by atoms with Crippen molar-refractivity contribution in [2.75, 3.05) is 24.7 Å². The minimum absolute atomic E-state index is 0.109. The summed E-state index contributed by atoms with van der Waals surface area (Å²) in [6, 6.07) is 16.9. The second-order valence-electron chi connectivity index (χ2n) is 10.8. The van der Waals surface area contributed by atoms with Crippen LogP contribution in [0.1, 0.15) is 63.0 Å². The Morgan fingerprint density at radius 2 is 1.79 bits per heavy atom. The van der Waals surface area contributed by atoms with Crippen LogP contribution in [0.4, 0.5) is 5.69 Å². The van der Waals surface area contributed by atoms with Gasteiger partial charge in [-0.3, -0.25) is 19.3 Å². The number of carbonyl (C=O) groups is 3. The van der Waals surface area contributed by atoms with Crippen LogP contribution in [0.3, 0.4) is 0 Å². The predicted octanol–water partition coefficient (Wildman–Crippen LogP) is 4.70. The summed E-state index contributed by atoms with van der Waals surface area (Å²) < 4.78 is 0. The van der Waals surface area contributed by atoms with Crippen LogP contribution in [-0.4, -0.2) is 48.7 Å². The lowest BCUT2D eigenvalue weighted by atomic mass is 9.75. The van der Waals surface area contributed by atoms with Crippen molar-refractivity contribution in [3.8, 4) is 0 Å². The van der Waals surface area contributed by atoms with Gasteiger partial charge in [-0.05, 0) is 75.0 Å². The number of fused-ring (bicyclic) bond motifs is 1. The molecule has 0 saturated heterocycles. The predicted molar refractivity (Wildman–Crippen MR) is 148 cm³/mol. The van der Waals surface area contributed by atoms with Crippen LogP contribution < -0.4 is 10.2 Å². The Bertz CT molecular complexity index is 1120.